The van der Waals surface area contributed by atoms with Gasteiger partial charge in [0.1, 0.15) is 23.6 Å². The number of benzene rings is 2. The lowest BCUT2D eigenvalue weighted by molar-refractivity contribution is -0.119. The second-order valence-electron chi connectivity index (χ2n) is 6.19. The molecule has 0 fully saturated rings. The number of hydrogen-bond donors (Lipinski definition) is 1. The maximum atomic E-state index is 13.2. The molecule has 1 heterocycles. The predicted octanol–water partition coefficient (Wildman–Crippen LogP) is 3.35. The molecule has 10 heteroatoms. The van der Waals surface area contributed by atoms with Gasteiger partial charge in [-0.2, -0.15) is 5.10 Å². The lowest BCUT2D eigenvalue weighted by atomic mass is 10.2. The highest BCUT2D eigenvalue weighted by atomic mass is 35.5. The summed E-state index contributed by atoms with van der Waals surface area (Å²) in [6, 6.07) is 12.5. The maximum Gasteiger partial charge on any atom is 0.265 e. The molecule has 152 valence electrons. The van der Waals surface area contributed by atoms with Crippen LogP contribution in [0.25, 0.3) is 0 Å². The van der Waals surface area contributed by atoms with Crippen LogP contribution in [0.4, 0.5) is 11.4 Å². The number of hydrogen-bond acceptors (Lipinski definition) is 5. The summed E-state index contributed by atoms with van der Waals surface area (Å²) < 4.78 is 29.2. The Balaban J connectivity index is 1.91. The van der Waals surface area contributed by atoms with Crippen LogP contribution >= 0.6 is 11.6 Å². The fourth-order valence-corrected chi connectivity index (χ4v) is 4.74. The molecule has 0 saturated heterocycles. The van der Waals surface area contributed by atoms with Gasteiger partial charge in [-0.1, -0.05) is 29.8 Å². The van der Waals surface area contributed by atoms with E-state index in [2.05, 4.69) is 15.4 Å². The Kier molecular flexibility index (Phi) is 6.19. The normalized spacial score (nSPS) is 12.4. The summed E-state index contributed by atoms with van der Waals surface area (Å²) in [5, 5.41) is 6.71. The van der Waals surface area contributed by atoms with Crippen molar-refractivity contribution < 1.29 is 13.2 Å². The summed E-state index contributed by atoms with van der Waals surface area (Å²) >= 11 is 6.21. The van der Waals surface area contributed by atoms with Crippen molar-refractivity contribution in [1.82, 2.24) is 14.8 Å². The summed E-state index contributed by atoms with van der Waals surface area (Å²) in [4.78, 5) is 16.2. The lowest BCUT2D eigenvalue weighted by Crippen LogP contribution is -2.31. The van der Waals surface area contributed by atoms with E-state index in [1.54, 1.807) is 44.2 Å². The fraction of sp³-hybridized carbons (Fsp3) is 0.211. The van der Waals surface area contributed by atoms with Gasteiger partial charge < -0.3 is 5.32 Å². The zero-order valence-electron chi connectivity index (χ0n) is 15.9. The van der Waals surface area contributed by atoms with Crippen LogP contribution in [0.15, 0.2) is 66.1 Å². The first-order chi connectivity index (χ1) is 13.8. The van der Waals surface area contributed by atoms with Crippen LogP contribution in [-0.2, 0) is 14.8 Å². The Morgan fingerprint density at radius 3 is 2.59 bits per heavy atom. The number of nitrogens with zero attached hydrogens (tertiary/aromatic N) is 4. The SMILES string of the molecule is CCN(c1ccccc1)S(=O)(=O)c1cc(NC(=O)C(C)n2cncn2)ccc1Cl. The Hall–Kier alpha value is -2.91. The first-order valence-electron chi connectivity index (χ1n) is 8.87. The van der Waals surface area contributed by atoms with E-state index < -0.39 is 16.1 Å². The van der Waals surface area contributed by atoms with Crippen LogP contribution in [0.1, 0.15) is 19.9 Å². The van der Waals surface area contributed by atoms with Gasteiger partial charge >= 0.3 is 0 Å². The largest absolute Gasteiger partial charge is 0.324 e. The molecule has 1 aromatic heterocycles. The molecule has 1 atom stereocenters. The van der Waals surface area contributed by atoms with Crippen molar-refractivity contribution in [2.24, 2.45) is 0 Å². The van der Waals surface area contributed by atoms with E-state index in [0.29, 0.717) is 11.4 Å². The number of rotatable bonds is 7. The molecule has 3 rings (SSSR count). The number of amides is 1. The second-order valence-corrected chi connectivity index (χ2v) is 8.43. The van der Waals surface area contributed by atoms with E-state index in [0.717, 1.165) is 0 Å². The molecule has 1 N–H and O–H groups in total. The third kappa shape index (κ3) is 4.41. The third-order valence-electron chi connectivity index (χ3n) is 4.31. The topological polar surface area (TPSA) is 97.2 Å². The molecule has 1 unspecified atom stereocenters. The quantitative estimate of drug-likeness (QED) is 0.616. The number of sulfonamides is 1. The number of carbonyl (C=O) groups excluding carboxylic acids is 1. The molecule has 2 aromatic carbocycles. The molecule has 29 heavy (non-hydrogen) atoms. The van der Waals surface area contributed by atoms with Crippen molar-refractivity contribution in [3.63, 3.8) is 0 Å². The minimum atomic E-state index is -3.93. The number of carbonyl (C=O) groups is 1. The van der Waals surface area contributed by atoms with Crippen molar-refractivity contribution in [1.29, 1.82) is 0 Å². The second kappa shape index (κ2) is 8.62. The highest BCUT2D eigenvalue weighted by Crippen LogP contribution is 2.30. The number of halogens is 1. The summed E-state index contributed by atoms with van der Waals surface area (Å²) in [5.74, 6) is -0.364. The van der Waals surface area contributed by atoms with Crippen LogP contribution in [0.2, 0.25) is 5.02 Å². The molecule has 3 aromatic rings. The molecule has 0 aliphatic carbocycles. The van der Waals surface area contributed by atoms with Gasteiger partial charge in [0.15, 0.2) is 0 Å². The maximum absolute atomic E-state index is 13.2. The summed E-state index contributed by atoms with van der Waals surface area (Å²) in [6.07, 6.45) is 2.76. The van der Waals surface area contributed by atoms with Gasteiger partial charge in [-0.3, -0.25) is 9.10 Å². The van der Waals surface area contributed by atoms with Crippen molar-refractivity contribution in [2.45, 2.75) is 24.8 Å². The summed E-state index contributed by atoms with van der Waals surface area (Å²) in [6.45, 7) is 3.62. The first-order valence-corrected chi connectivity index (χ1v) is 10.7. The Bertz CT molecular complexity index is 1090. The van der Waals surface area contributed by atoms with E-state index in [1.807, 2.05) is 6.07 Å². The van der Waals surface area contributed by atoms with Gasteiger partial charge in [-0.05, 0) is 44.2 Å². The van der Waals surface area contributed by atoms with Crippen molar-refractivity contribution in [3.05, 3.63) is 66.2 Å². The third-order valence-corrected chi connectivity index (χ3v) is 6.70. The molecule has 0 saturated carbocycles. The smallest absolute Gasteiger partial charge is 0.265 e. The van der Waals surface area contributed by atoms with E-state index in [-0.39, 0.29) is 22.4 Å². The predicted molar refractivity (Wildman–Crippen MR) is 111 cm³/mol. The molecule has 1 amide bonds. The summed E-state index contributed by atoms with van der Waals surface area (Å²) in [5.41, 5.74) is 0.842. The average Bonchev–Trinajstić information content (AvgIpc) is 3.24. The van der Waals surface area contributed by atoms with Gasteiger partial charge in [-0.15, -0.1) is 0 Å². The first kappa shape index (κ1) is 20.8. The monoisotopic (exact) mass is 433 g/mol. The van der Waals surface area contributed by atoms with E-state index in [1.165, 1.54) is 33.8 Å². The van der Waals surface area contributed by atoms with Crippen LogP contribution < -0.4 is 9.62 Å². The standard InChI is InChI=1S/C19H20ClN5O3S/c1-3-25(16-7-5-4-6-8-16)29(27,28)18-11-15(9-10-17(18)20)23-19(26)14(2)24-13-21-12-22-24/h4-14H,3H2,1-2H3,(H,23,26). The van der Waals surface area contributed by atoms with E-state index >= 15 is 0 Å². The lowest BCUT2D eigenvalue weighted by Gasteiger charge is -2.24. The number of aromatic nitrogens is 3. The molecule has 0 aliphatic heterocycles. The van der Waals surface area contributed by atoms with Gasteiger partial charge in [-0.25, -0.2) is 18.1 Å². The highest BCUT2D eigenvalue weighted by molar-refractivity contribution is 7.93. The minimum absolute atomic E-state index is 0.0710. The van der Waals surface area contributed by atoms with Crippen LogP contribution in [0.3, 0.4) is 0 Å². The molecule has 0 bridgehead atoms. The van der Waals surface area contributed by atoms with Crippen molar-refractivity contribution >= 4 is 38.9 Å². The van der Waals surface area contributed by atoms with E-state index in [4.69, 9.17) is 11.6 Å². The molecule has 0 aliphatic rings. The van der Waals surface area contributed by atoms with Crippen LogP contribution in [0.5, 0.6) is 0 Å². The average molecular weight is 434 g/mol. The molecular formula is C19H20ClN5O3S. The number of para-hydroxylation sites is 1. The van der Waals surface area contributed by atoms with Crippen molar-refractivity contribution in [3.8, 4) is 0 Å². The number of anilines is 2. The van der Waals surface area contributed by atoms with Gasteiger partial charge in [0.25, 0.3) is 10.0 Å². The fourth-order valence-electron chi connectivity index (χ4n) is 2.77. The van der Waals surface area contributed by atoms with Gasteiger partial charge in [0.05, 0.1) is 10.7 Å². The minimum Gasteiger partial charge on any atom is -0.324 e. The summed E-state index contributed by atoms with van der Waals surface area (Å²) in [7, 11) is -3.93. The van der Waals surface area contributed by atoms with Crippen LogP contribution in [0, 0.1) is 0 Å². The molecule has 0 radical (unpaired) electrons. The zero-order valence-corrected chi connectivity index (χ0v) is 17.4. The molecule has 0 spiro atoms. The number of nitrogens with one attached hydrogen (secondary N) is 1. The van der Waals surface area contributed by atoms with Crippen LogP contribution in [-0.4, -0.2) is 35.6 Å². The van der Waals surface area contributed by atoms with Crippen molar-refractivity contribution in [2.75, 3.05) is 16.2 Å². The highest BCUT2D eigenvalue weighted by Gasteiger charge is 2.27. The van der Waals surface area contributed by atoms with Gasteiger partial charge in [0.2, 0.25) is 5.91 Å². The Labute approximate surface area is 174 Å². The molecular weight excluding hydrogens is 414 g/mol. The van der Waals surface area contributed by atoms with Gasteiger partial charge in [0, 0.05) is 12.2 Å². The molecule has 8 nitrogen and oxygen atoms in total. The Morgan fingerprint density at radius 2 is 1.97 bits per heavy atom. The zero-order chi connectivity index (χ0) is 21.0. The Morgan fingerprint density at radius 1 is 1.24 bits per heavy atom. The van der Waals surface area contributed by atoms with E-state index in [9.17, 15) is 13.2 Å².